The summed E-state index contributed by atoms with van der Waals surface area (Å²) in [5.41, 5.74) is 1.29. The maximum absolute atomic E-state index is 11.8. The minimum atomic E-state index is 0.217. The Morgan fingerprint density at radius 2 is 1.95 bits per heavy atom. The number of hydrogen-bond acceptors (Lipinski definition) is 1. The lowest BCUT2D eigenvalue weighted by atomic mass is 10.0. The third-order valence-electron chi connectivity index (χ3n) is 4.23. The molecule has 0 bridgehead atoms. The lowest BCUT2D eigenvalue weighted by Crippen LogP contribution is -2.27. The van der Waals surface area contributed by atoms with Crippen molar-refractivity contribution < 1.29 is 4.79 Å². The first kappa shape index (κ1) is 14.1. The van der Waals surface area contributed by atoms with Gasteiger partial charge in [0.25, 0.3) is 0 Å². The number of rotatable bonds is 6. The number of amides is 1. The van der Waals surface area contributed by atoms with Gasteiger partial charge in [-0.15, -0.1) is 0 Å². The van der Waals surface area contributed by atoms with E-state index in [-0.39, 0.29) is 5.91 Å². The van der Waals surface area contributed by atoms with E-state index >= 15 is 0 Å². The fourth-order valence-electron chi connectivity index (χ4n) is 2.89. The van der Waals surface area contributed by atoms with Crippen LogP contribution in [0.5, 0.6) is 0 Å². The fraction of sp³-hybridized carbons (Fsp3) is 0.588. The van der Waals surface area contributed by atoms with Gasteiger partial charge in [0.2, 0.25) is 5.91 Å². The maximum atomic E-state index is 11.8. The molecule has 1 aromatic rings. The second-order valence-electron chi connectivity index (χ2n) is 5.80. The third-order valence-corrected chi connectivity index (χ3v) is 4.23. The summed E-state index contributed by atoms with van der Waals surface area (Å²) in [5, 5.41) is 3.07. The third kappa shape index (κ3) is 4.70. The van der Waals surface area contributed by atoms with Crippen LogP contribution in [0.25, 0.3) is 0 Å². The number of hydrogen-bond donors (Lipinski definition) is 1. The standard InChI is InChI=1S/C17H25NO/c1-14(16-9-3-2-4-10-16)13-18-17(19)12-11-15-7-5-6-8-15/h2-4,9-10,14-15H,5-8,11-13H2,1H3,(H,18,19)/t14-/m0/s1. The van der Waals surface area contributed by atoms with Crippen LogP contribution >= 0.6 is 0 Å². The summed E-state index contributed by atoms with van der Waals surface area (Å²) in [6, 6.07) is 10.4. The summed E-state index contributed by atoms with van der Waals surface area (Å²) < 4.78 is 0. The molecule has 1 aliphatic rings. The van der Waals surface area contributed by atoms with Crippen molar-refractivity contribution in [3.63, 3.8) is 0 Å². The van der Waals surface area contributed by atoms with Crippen LogP contribution in [0.4, 0.5) is 0 Å². The molecule has 2 rings (SSSR count). The van der Waals surface area contributed by atoms with Crippen LogP contribution in [0.15, 0.2) is 30.3 Å². The molecule has 0 radical (unpaired) electrons. The van der Waals surface area contributed by atoms with E-state index in [4.69, 9.17) is 0 Å². The molecule has 0 saturated heterocycles. The quantitative estimate of drug-likeness (QED) is 0.825. The molecule has 0 heterocycles. The van der Waals surface area contributed by atoms with E-state index in [1.807, 2.05) is 18.2 Å². The van der Waals surface area contributed by atoms with Crippen LogP contribution in [-0.2, 0) is 4.79 Å². The van der Waals surface area contributed by atoms with Crippen LogP contribution in [0, 0.1) is 5.92 Å². The summed E-state index contributed by atoms with van der Waals surface area (Å²) in [6.07, 6.45) is 7.15. The zero-order valence-corrected chi connectivity index (χ0v) is 11.9. The molecule has 0 unspecified atom stereocenters. The molecule has 0 aliphatic heterocycles. The Morgan fingerprint density at radius 3 is 2.63 bits per heavy atom. The van der Waals surface area contributed by atoms with Crippen molar-refractivity contribution in [1.82, 2.24) is 5.32 Å². The molecule has 19 heavy (non-hydrogen) atoms. The molecule has 1 aromatic carbocycles. The molecule has 2 heteroatoms. The van der Waals surface area contributed by atoms with Crippen LogP contribution in [0.2, 0.25) is 0 Å². The monoisotopic (exact) mass is 259 g/mol. The van der Waals surface area contributed by atoms with E-state index in [0.717, 1.165) is 18.9 Å². The van der Waals surface area contributed by atoms with Gasteiger partial charge in [-0.25, -0.2) is 0 Å². The fourth-order valence-corrected chi connectivity index (χ4v) is 2.89. The summed E-state index contributed by atoms with van der Waals surface area (Å²) in [6.45, 7) is 2.90. The summed E-state index contributed by atoms with van der Waals surface area (Å²) in [5.74, 6) is 1.41. The van der Waals surface area contributed by atoms with E-state index < -0.39 is 0 Å². The number of carbonyl (C=O) groups excluding carboxylic acids is 1. The zero-order chi connectivity index (χ0) is 13.5. The molecule has 1 atom stereocenters. The van der Waals surface area contributed by atoms with Gasteiger partial charge in [0, 0.05) is 13.0 Å². The minimum absolute atomic E-state index is 0.217. The van der Waals surface area contributed by atoms with Crippen molar-refractivity contribution in [1.29, 1.82) is 0 Å². The van der Waals surface area contributed by atoms with Gasteiger partial charge in [0.1, 0.15) is 0 Å². The van der Waals surface area contributed by atoms with E-state index in [2.05, 4.69) is 24.4 Å². The van der Waals surface area contributed by atoms with Gasteiger partial charge in [0.05, 0.1) is 0 Å². The van der Waals surface area contributed by atoms with E-state index in [1.165, 1.54) is 31.2 Å². The summed E-state index contributed by atoms with van der Waals surface area (Å²) >= 11 is 0. The highest BCUT2D eigenvalue weighted by atomic mass is 16.1. The van der Waals surface area contributed by atoms with Crippen molar-refractivity contribution in [3.8, 4) is 0 Å². The molecular weight excluding hydrogens is 234 g/mol. The molecule has 0 spiro atoms. The molecule has 1 saturated carbocycles. The van der Waals surface area contributed by atoms with Crippen LogP contribution < -0.4 is 5.32 Å². The molecule has 0 aromatic heterocycles. The van der Waals surface area contributed by atoms with Gasteiger partial charge < -0.3 is 5.32 Å². The minimum Gasteiger partial charge on any atom is -0.356 e. The Morgan fingerprint density at radius 1 is 1.26 bits per heavy atom. The Labute approximate surface area is 116 Å². The SMILES string of the molecule is C[C@@H](CNC(=O)CCC1CCCC1)c1ccccc1. The van der Waals surface area contributed by atoms with E-state index in [9.17, 15) is 4.79 Å². The summed E-state index contributed by atoms with van der Waals surface area (Å²) in [7, 11) is 0. The summed E-state index contributed by atoms with van der Waals surface area (Å²) in [4.78, 5) is 11.8. The van der Waals surface area contributed by atoms with Gasteiger partial charge in [-0.2, -0.15) is 0 Å². The highest BCUT2D eigenvalue weighted by Gasteiger charge is 2.16. The van der Waals surface area contributed by atoms with E-state index in [1.54, 1.807) is 0 Å². The molecule has 1 aliphatic carbocycles. The maximum Gasteiger partial charge on any atom is 0.220 e. The Hall–Kier alpha value is -1.31. The predicted octanol–water partition coefficient (Wildman–Crippen LogP) is 3.88. The first-order chi connectivity index (χ1) is 9.25. The number of nitrogens with one attached hydrogen (secondary N) is 1. The van der Waals surface area contributed by atoms with Gasteiger partial charge in [-0.1, -0.05) is 62.9 Å². The highest BCUT2D eigenvalue weighted by molar-refractivity contribution is 5.75. The highest BCUT2D eigenvalue weighted by Crippen LogP contribution is 2.28. The number of carbonyl (C=O) groups is 1. The van der Waals surface area contributed by atoms with Crippen LogP contribution in [0.3, 0.4) is 0 Å². The van der Waals surface area contributed by atoms with Gasteiger partial charge in [-0.05, 0) is 23.8 Å². The first-order valence-electron chi connectivity index (χ1n) is 7.57. The normalized spacial score (nSPS) is 17.3. The molecule has 1 amide bonds. The average molecular weight is 259 g/mol. The lowest BCUT2D eigenvalue weighted by molar-refractivity contribution is -0.121. The topological polar surface area (TPSA) is 29.1 Å². The van der Waals surface area contributed by atoms with Gasteiger partial charge in [-0.3, -0.25) is 4.79 Å². The first-order valence-corrected chi connectivity index (χ1v) is 7.57. The van der Waals surface area contributed by atoms with Gasteiger partial charge in [0.15, 0.2) is 0 Å². The Bertz CT molecular complexity index is 382. The molecule has 104 valence electrons. The van der Waals surface area contributed by atoms with Crippen molar-refractivity contribution in [2.24, 2.45) is 5.92 Å². The molecular formula is C17H25NO. The molecule has 1 fully saturated rings. The predicted molar refractivity (Wildman–Crippen MR) is 79.1 cm³/mol. The lowest BCUT2D eigenvalue weighted by Gasteiger charge is -2.14. The Kier molecular flexibility index (Phi) is 5.44. The second-order valence-corrected chi connectivity index (χ2v) is 5.80. The second kappa shape index (κ2) is 7.32. The van der Waals surface area contributed by atoms with Crippen LogP contribution in [0.1, 0.15) is 56.9 Å². The van der Waals surface area contributed by atoms with E-state index in [0.29, 0.717) is 12.3 Å². The Balaban J connectivity index is 1.65. The van der Waals surface area contributed by atoms with Crippen molar-refractivity contribution in [3.05, 3.63) is 35.9 Å². The van der Waals surface area contributed by atoms with Crippen LogP contribution in [-0.4, -0.2) is 12.5 Å². The van der Waals surface area contributed by atoms with Crippen molar-refractivity contribution in [2.75, 3.05) is 6.54 Å². The smallest absolute Gasteiger partial charge is 0.220 e. The molecule has 1 N–H and O–H groups in total. The largest absolute Gasteiger partial charge is 0.356 e. The van der Waals surface area contributed by atoms with Crippen molar-refractivity contribution in [2.45, 2.75) is 51.4 Å². The average Bonchev–Trinajstić information content (AvgIpc) is 2.96. The van der Waals surface area contributed by atoms with Crippen molar-refractivity contribution >= 4 is 5.91 Å². The zero-order valence-electron chi connectivity index (χ0n) is 11.9. The van der Waals surface area contributed by atoms with Gasteiger partial charge >= 0.3 is 0 Å². The number of benzene rings is 1. The molecule has 2 nitrogen and oxygen atoms in total.